The number of rotatable bonds is 7. The Bertz CT molecular complexity index is 685. The Balaban J connectivity index is 2.40. The van der Waals surface area contributed by atoms with E-state index in [0.29, 0.717) is 18.9 Å². The van der Waals surface area contributed by atoms with Crippen LogP contribution in [0.25, 0.3) is 11.3 Å². The summed E-state index contributed by atoms with van der Waals surface area (Å²) in [5.74, 6) is -0.248. The quantitative estimate of drug-likeness (QED) is 0.336. The maximum Gasteiger partial charge on any atom is 0.356 e. The van der Waals surface area contributed by atoms with Crippen molar-refractivity contribution in [2.45, 2.75) is 19.4 Å². The Morgan fingerprint density at radius 3 is 2.78 bits per heavy atom. The molecule has 0 spiro atoms. The number of alkyl halides is 1. The largest absolute Gasteiger partial charge is 0.461 e. The van der Waals surface area contributed by atoms with Gasteiger partial charge in [-0.3, -0.25) is 0 Å². The van der Waals surface area contributed by atoms with E-state index in [4.69, 9.17) is 21.2 Å². The molecule has 0 aromatic carbocycles. The normalized spacial score (nSPS) is 10.8. The molecule has 0 aliphatic rings. The summed E-state index contributed by atoms with van der Waals surface area (Å²) in [6, 6.07) is 7.42. The molecule has 7 heteroatoms. The van der Waals surface area contributed by atoms with Gasteiger partial charge in [0.05, 0.1) is 25.3 Å². The lowest BCUT2D eigenvalue weighted by Crippen LogP contribution is -2.09. The second-order valence-corrected chi connectivity index (χ2v) is 5.05. The lowest BCUT2D eigenvalue weighted by atomic mass is 10.1. The van der Waals surface area contributed by atoms with Gasteiger partial charge in [-0.25, -0.2) is 19.6 Å². The molecule has 2 rings (SSSR count). The Morgan fingerprint density at radius 1 is 1.35 bits per heavy atom. The van der Waals surface area contributed by atoms with Crippen molar-refractivity contribution >= 4 is 17.6 Å². The van der Waals surface area contributed by atoms with Crippen LogP contribution in [0.2, 0.25) is 0 Å². The maximum atomic E-state index is 12.0. The van der Waals surface area contributed by atoms with Crippen LogP contribution in [0, 0.1) is 0 Å². The molecule has 0 unspecified atom stereocenters. The minimum Gasteiger partial charge on any atom is -0.461 e. The fraction of sp³-hybridized carbons (Fsp3) is 0.375. The van der Waals surface area contributed by atoms with Crippen LogP contribution in [0.5, 0.6) is 0 Å². The number of hydrogen-bond donors (Lipinski definition) is 0. The number of ether oxygens (including phenoxy) is 1. The molecular weight excluding hydrogens is 320 g/mol. The lowest BCUT2D eigenvalue weighted by molar-refractivity contribution is -0.283. The minimum absolute atomic E-state index is 0.213. The number of esters is 1. The van der Waals surface area contributed by atoms with Crippen LogP contribution in [-0.2, 0) is 34.0 Å². The molecule has 0 radical (unpaired) electrons. The molecule has 2 heterocycles. The molecule has 2 aromatic rings. The SMILES string of the molecule is CCOC(=O)c1cc(-c2ccc(COOC)n2C)cc(CCl)n1. The number of carbonyl (C=O) groups is 1. The van der Waals surface area contributed by atoms with E-state index in [2.05, 4.69) is 9.87 Å². The molecule has 0 fully saturated rings. The van der Waals surface area contributed by atoms with Gasteiger partial charge < -0.3 is 9.30 Å². The molecule has 124 valence electrons. The van der Waals surface area contributed by atoms with E-state index in [1.54, 1.807) is 13.0 Å². The summed E-state index contributed by atoms with van der Waals surface area (Å²) in [4.78, 5) is 25.8. The average Bonchev–Trinajstić information content (AvgIpc) is 2.93. The van der Waals surface area contributed by atoms with Crippen LogP contribution in [0.15, 0.2) is 24.3 Å². The van der Waals surface area contributed by atoms with Gasteiger partial charge in [-0.15, -0.1) is 11.6 Å². The van der Waals surface area contributed by atoms with E-state index >= 15 is 0 Å². The number of aromatic nitrogens is 2. The second kappa shape index (κ2) is 8.10. The fourth-order valence-electron chi connectivity index (χ4n) is 2.22. The van der Waals surface area contributed by atoms with Crippen molar-refractivity contribution in [2.24, 2.45) is 7.05 Å². The highest BCUT2D eigenvalue weighted by Crippen LogP contribution is 2.24. The smallest absolute Gasteiger partial charge is 0.356 e. The summed E-state index contributed by atoms with van der Waals surface area (Å²) >= 11 is 5.90. The van der Waals surface area contributed by atoms with Crippen LogP contribution in [0.4, 0.5) is 0 Å². The first-order valence-corrected chi connectivity index (χ1v) is 7.68. The molecule has 0 aliphatic carbocycles. The van der Waals surface area contributed by atoms with E-state index in [-0.39, 0.29) is 11.6 Å². The van der Waals surface area contributed by atoms with Crippen molar-refractivity contribution in [3.63, 3.8) is 0 Å². The fourth-order valence-corrected chi connectivity index (χ4v) is 2.36. The monoisotopic (exact) mass is 338 g/mol. The topological polar surface area (TPSA) is 62.6 Å². The highest BCUT2D eigenvalue weighted by atomic mass is 35.5. The van der Waals surface area contributed by atoms with Crippen molar-refractivity contribution in [3.05, 3.63) is 41.3 Å². The molecule has 2 aromatic heterocycles. The molecule has 0 N–H and O–H groups in total. The first-order chi connectivity index (χ1) is 11.1. The molecule has 0 aliphatic heterocycles. The lowest BCUT2D eigenvalue weighted by Gasteiger charge is -2.10. The molecule has 23 heavy (non-hydrogen) atoms. The van der Waals surface area contributed by atoms with Gasteiger partial charge in [0.25, 0.3) is 0 Å². The molecule has 0 bridgehead atoms. The van der Waals surface area contributed by atoms with Gasteiger partial charge >= 0.3 is 5.97 Å². The third-order valence-corrected chi connectivity index (χ3v) is 3.62. The van der Waals surface area contributed by atoms with E-state index in [1.165, 1.54) is 7.11 Å². The predicted molar refractivity (Wildman–Crippen MR) is 86.0 cm³/mol. The van der Waals surface area contributed by atoms with E-state index in [9.17, 15) is 4.79 Å². The predicted octanol–water partition coefficient (Wildman–Crippen LogP) is 3.08. The van der Waals surface area contributed by atoms with Crippen LogP contribution in [0.1, 0.15) is 28.8 Å². The first kappa shape index (κ1) is 17.5. The van der Waals surface area contributed by atoms with Crippen LogP contribution < -0.4 is 0 Å². The van der Waals surface area contributed by atoms with Gasteiger partial charge in [0, 0.05) is 24.0 Å². The molecule has 0 amide bonds. The third kappa shape index (κ3) is 4.10. The van der Waals surface area contributed by atoms with Gasteiger partial charge in [-0.2, -0.15) is 0 Å². The zero-order valence-electron chi connectivity index (χ0n) is 13.3. The highest BCUT2D eigenvalue weighted by Gasteiger charge is 2.15. The van der Waals surface area contributed by atoms with Crippen molar-refractivity contribution in [1.29, 1.82) is 0 Å². The molecular formula is C16H19ClN2O4. The van der Waals surface area contributed by atoms with Gasteiger partial charge in [0.1, 0.15) is 12.3 Å². The standard InChI is InChI=1S/C16H19ClN2O4/c1-4-22-16(20)14-8-11(7-12(9-17)18-14)15-6-5-13(19(15)2)10-23-21-3/h5-8H,4,9-10H2,1-3H3. The number of hydrogen-bond acceptors (Lipinski definition) is 5. The summed E-state index contributed by atoms with van der Waals surface area (Å²) in [6.07, 6.45) is 0. The van der Waals surface area contributed by atoms with Crippen molar-refractivity contribution in [2.75, 3.05) is 13.7 Å². The molecule has 6 nitrogen and oxygen atoms in total. The van der Waals surface area contributed by atoms with Gasteiger partial charge in [-0.1, -0.05) is 0 Å². The Morgan fingerprint density at radius 2 is 2.13 bits per heavy atom. The number of pyridine rings is 1. The number of halogens is 1. The number of nitrogens with zero attached hydrogens (tertiary/aromatic N) is 2. The van der Waals surface area contributed by atoms with Gasteiger partial charge in [0.2, 0.25) is 0 Å². The summed E-state index contributed by atoms with van der Waals surface area (Å²) in [7, 11) is 3.37. The summed E-state index contributed by atoms with van der Waals surface area (Å²) < 4.78 is 6.98. The molecule has 0 saturated carbocycles. The van der Waals surface area contributed by atoms with E-state index in [1.807, 2.05) is 29.8 Å². The summed E-state index contributed by atoms with van der Waals surface area (Å²) in [5, 5.41) is 0. The number of carbonyl (C=O) groups excluding carboxylic acids is 1. The minimum atomic E-state index is -0.460. The van der Waals surface area contributed by atoms with Gasteiger partial charge in [0.15, 0.2) is 0 Å². The average molecular weight is 339 g/mol. The molecule has 0 saturated heterocycles. The van der Waals surface area contributed by atoms with Crippen molar-refractivity contribution in [1.82, 2.24) is 9.55 Å². The third-order valence-electron chi connectivity index (χ3n) is 3.35. The van der Waals surface area contributed by atoms with Crippen LogP contribution >= 0.6 is 11.6 Å². The van der Waals surface area contributed by atoms with Crippen LogP contribution in [0.3, 0.4) is 0 Å². The maximum absolute atomic E-state index is 12.0. The van der Waals surface area contributed by atoms with E-state index in [0.717, 1.165) is 17.0 Å². The first-order valence-electron chi connectivity index (χ1n) is 7.15. The van der Waals surface area contributed by atoms with Crippen molar-refractivity contribution in [3.8, 4) is 11.3 Å². The van der Waals surface area contributed by atoms with Crippen molar-refractivity contribution < 1.29 is 19.3 Å². The zero-order chi connectivity index (χ0) is 16.8. The molecule has 0 atom stereocenters. The van der Waals surface area contributed by atoms with Crippen LogP contribution in [-0.4, -0.2) is 29.2 Å². The zero-order valence-corrected chi connectivity index (χ0v) is 14.1. The highest BCUT2D eigenvalue weighted by molar-refractivity contribution is 6.17. The summed E-state index contributed by atoms with van der Waals surface area (Å²) in [5.41, 5.74) is 3.55. The van der Waals surface area contributed by atoms with E-state index < -0.39 is 5.97 Å². The Hall–Kier alpha value is -1.89. The van der Waals surface area contributed by atoms with Gasteiger partial charge in [-0.05, 0) is 31.2 Å². The Labute approximate surface area is 139 Å². The summed E-state index contributed by atoms with van der Waals surface area (Å²) in [6.45, 7) is 2.37. The Kier molecular flexibility index (Phi) is 6.15. The second-order valence-electron chi connectivity index (χ2n) is 4.78.